The summed E-state index contributed by atoms with van der Waals surface area (Å²) in [6.45, 7) is 1.16. The fourth-order valence-corrected chi connectivity index (χ4v) is 4.21. The molecule has 4 rings (SSSR count). The van der Waals surface area contributed by atoms with Crippen LogP contribution >= 0.6 is 0 Å². The predicted octanol–water partition coefficient (Wildman–Crippen LogP) is 1.93. The quantitative estimate of drug-likeness (QED) is 0.859. The van der Waals surface area contributed by atoms with Crippen molar-refractivity contribution >= 4 is 0 Å². The Morgan fingerprint density at radius 3 is 3.00 bits per heavy atom. The van der Waals surface area contributed by atoms with E-state index in [2.05, 4.69) is 11.4 Å². The molecule has 18 heavy (non-hydrogen) atoms. The molecule has 3 heteroatoms. The number of rotatable bonds is 2. The third kappa shape index (κ3) is 1.33. The van der Waals surface area contributed by atoms with Gasteiger partial charge in [0.05, 0.1) is 5.56 Å². The lowest BCUT2D eigenvalue weighted by Crippen LogP contribution is -2.41. The lowest BCUT2D eigenvalue weighted by atomic mass is 9.88. The van der Waals surface area contributed by atoms with Crippen molar-refractivity contribution in [3.05, 3.63) is 29.8 Å². The monoisotopic (exact) mass is 240 g/mol. The molecule has 1 aromatic carbocycles. The summed E-state index contributed by atoms with van der Waals surface area (Å²) >= 11 is 0. The Hall–Kier alpha value is -1.53. The van der Waals surface area contributed by atoms with Gasteiger partial charge in [-0.1, -0.05) is 12.1 Å². The molecular formula is C15H16N2O. The highest BCUT2D eigenvalue weighted by Crippen LogP contribution is 2.52. The van der Waals surface area contributed by atoms with Gasteiger partial charge >= 0.3 is 0 Å². The van der Waals surface area contributed by atoms with Crippen LogP contribution < -0.4 is 10.1 Å². The van der Waals surface area contributed by atoms with E-state index in [0.29, 0.717) is 17.5 Å². The van der Waals surface area contributed by atoms with Crippen molar-refractivity contribution < 1.29 is 4.74 Å². The molecule has 2 saturated carbocycles. The molecule has 0 aromatic heterocycles. The maximum atomic E-state index is 9.11. The van der Waals surface area contributed by atoms with Crippen molar-refractivity contribution in [3.63, 3.8) is 0 Å². The predicted molar refractivity (Wildman–Crippen MR) is 67.1 cm³/mol. The van der Waals surface area contributed by atoms with Gasteiger partial charge in [-0.2, -0.15) is 5.26 Å². The Morgan fingerprint density at radius 2 is 2.11 bits per heavy atom. The molecule has 5 atom stereocenters. The fourth-order valence-electron chi connectivity index (χ4n) is 4.21. The molecule has 1 N–H and O–H groups in total. The number of hydrogen-bond donors (Lipinski definition) is 1. The van der Waals surface area contributed by atoms with Gasteiger partial charge in [0.25, 0.3) is 0 Å². The second-order valence-corrected chi connectivity index (χ2v) is 5.78. The van der Waals surface area contributed by atoms with Crippen LogP contribution in [-0.4, -0.2) is 18.7 Å². The molecule has 2 bridgehead atoms. The number of para-hydroxylation sites is 1. The summed E-state index contributed by atoms with van der Waals surface area (Å²) in [5.74, 6) is 3.13. The van der Waals surface area contributed by atoms with Gasteiger partial charge in [0, 0.05) is 6.04 Å². The maximum Gasteiger partial charge on any atom is 0.137 e. The van der Waals surface area contributed by atoms with E-state index in [0.717, 1.165) is 24.1 Å². The van der Waals surface area contributed by atoms with Crippen LogP contribution in [0.25, 0.3) is 0 Å². The lowest BCUT2D eigenvalue weighted by Gasteiger charge is -2.28. The summed E-state index contributed by atoms with van der Waals surface area (Å²) in [7, 11) is 0. The number of ether oxygens (including phenoxy) is 1. The first-order chi connectivity index (χ1) is 8.86. The van der Waals surface area contributed by atoms with Gasteiger partial charge < -0.3 is 10.1 Å². The molecule has 0 spiro atoms. The zero-order valence-electron chi connectivity index (χ0n) is 10.2. The van der Waals surface area contributed by atoms with Gasteiger partial charge in [-0.3, -0.25) is 0 Å². The minimum absolute atomic E-state index is 0.267. The average Bonchev–Trinajstić information content (AvgIpc) is 3.01. The van der Waals surface area contributed by atoms with E-state index in [1.54, 1.807) is 0 Å². The minimum atomic E-state index is 0.267. The smallest absolute Gasteiger partial charge is 0.137 e. The Balaban J connectivity index is 1.61. The molecule has 1 aromatic rings. The Morgan fingerprint density at radius 1 is 1.22 bits per heavy atom. The normalized spacial score (nSPS) is 39.8. The summed E-state index contributed by atoms with van der Waals surface area (Å²) in [5, 5.41) is 12.7. The molecule has 0 amide bonds. The van der Waals surface area contributed by atoms with E-state index in [4.69, 9.17) is 10.00 Å². The third-order valence-electron chi connectivity index (χ3n) is 4.95. The van der Waals surface area contributed by atoms with Crippen LogP contribution in [0.4, 0.5) is 0 Å². The molecule has 92 valence electrons. The van der Waals surface area contributed by atoms with Crippen molar-refractivity contribution in [2.45, 2.75) is 25.0 Å². The van der Waals surface area contributed by atoms with Crippen molar-refractivity contribution in [2.75, 3.05) is 6.54 Å². The van der Waals surface area contributed by atoms with E-state index in [1.165, 1.54) is 12.8 Å². The highest BCUT2D eigenvalue weighted by atomic mass is 16.5. The van der Waals surface area contributed by atoms with Crippen LogP contribution in [-0.2, 0) is 0 Å². The minimum Gasteiger partial charge on any atom is -0.487 e. The van der Waals surface area contributed by atoms with Gasteiger partial charge in [0.15, 0.2) is 0 Å². The van der Waals surface area contributed by atoms with Crippen LogP contribution in [0.2, 0.25) is 0 Å². The summed E-state index contributed by atoms with van der Waals surface area (Å²) < 4.78 is 6.18. The average molecular weight is 240 g/mol. The lowest BCUT2D eigenvalue weighted by molar-refractivity contribution is 0.114. The van der Waals surface area contributed by atoms with E-state index >= 15 is 0 Å². The number of nitrogens with zero attached hydrogens (tertiary/aromatic N) is 1. The van der Waals surface area contributed by atoms with E-state index in [9.17, 15) is 0 Å². The highest BCUT2D eigenvalue weighted by molar-refractivity contribution is 5.42. The van der Waals surface area contributed by atoms with Crippen LogP contribution in [0.3, 0.4) is 0 Å². The Kier molecular flexibility index (Phi) is 2.15. The molecule has 2 aliphatic carbocycles. The van der Waals surface area contributed by atoms with Crippen molar-refractivity contribution in [3.8, 4) is 11.8 Å². The van der Waals surface area contributed by atoms with Gasteiger partial charge in [-0.05, 0) is 49.3 Å². The van der Waals surface area contributed by atoms with E-state index in [-0.39, 0.29) is 6.10 Å². The SMILES string of the molecule is N#Cc1ccccc1OC1C2CC3CNC1C3C2. The molecule has 3 fully saturated rings. The summed E-state index contributed by atoms with van der Waals surface area (Å²) in [5.41, 5.74) is 0.648. The zero-order valence-corrected chi connectivity index (χ0v) is 10.2. The second kappa shape index (κ2) is 3.73. The van der Waals surface area contributed by atoms with Crippen molar-refractivity contribution in [1.29, 1.82) is 5.26 Å². The first-order valence-electron chi connectivity index (χ1n) is 6.76. The van der Waals surface area contributed by atoms with Crippen LogP contribution in [0.15, 0.2) is 24.3 Å². The second-order valence-electron chi connectivity index (χ2n) is 5.78. The largest absolute Gasteiger partial charge is 0.487 e. The van der Waals surface area contributed by atoms with Crippen LogP contribution in [0.5, 0.6) is 5.75 Å². The summed E-state index contributed by atoms with van der Waals surface area (Å²) in [4.78, 5) is 0. The maximum absolute atomic E-state index is 9.11. The van der Waals surface area contributed by atoms with Crippen LogP contribution in [0.1, 0.15) is 18.4 Å². The number of nitriles is 1. The standard InChI is InChI=1S/C15H16N2O/c16-7-9-3-1-2-4-13(9)18-15-10-5-11-8-17-14(15)12(11)6-10/h1-4,10-12,14-15,17H,5-6,8H2. The highest BCUT2D eigenvalue weighted by Gasteiger charge is 2.57. The van der Waals surface area contributed by atoms with Gasteiger partial charge in [-0.15, -0.1) is 0 Å². The molecule has 0 radical (unpaired) electrons. The summed E-state index contributed by atoms with van der Waals surface area (Å²) in [6.07, 6.45) is 2.87. The number of benzene rings is 1. The van der Waals surface area contributed by atoms with Crippen molar-refractivity contribution in [2.24, 2.45) is 17.8 Å². The molecule has 5 unspecified atom stereocenters. The molecular weight excluding hydrogens is 224 g/mol. The molecule has 3 aliphatic rings. The number of hydrogen-bond acceptors (Lipinski definition) is 3. The third-order valence-corrected chi connectivity index (χ3v) is 4.95. The zero-order chi connectivity index (χ0) is 12.1. The van der Waals surface area contributed by atoms with Crippen LogP contribution in [0, 0.1) is 29.1 Å². The number of fused-ring (bicyclic) bond motifs is 1. The van der Waals surface area contributed by atoms with Gasteiger partial charge in [0.1, 0.15) is 17.9 Å². The first kappa shape index (κ1) is 10.4. The molecule has 1 saturated heterocycles. The van der Waals surface area contributed by atoms with E-state index in [1.807, 2.05) is 24.3 Å². The Labute approximate surface area is 107 Å². The Bertz CT molecular complexity index is 519. The van der Waals surface area contributed by atoms with Gasteiger partial charge in [0.2, 0.25) is 0 Å². The molecule has 1 heterocycles. The first-order valence-corrected chi connectivity index (χ1v) is 6.76. The van der Waals surface area contributed by atoms with Crippen molar-refractivity contribution in [1.82, 2.24) is 5.32 Å². The van der Waals surface area contributed by atoms with Gasteiger partial charge in [-0.25, -0.2) is 0 Å². The summed E-state index contributed by atoms with van der Waals surface area (Å²) in [6, 6.07) is 10.3. The number of nitrogens with one attached hydrogen (secondary N) is 1. The molecule has 1 aliphatic heterocycles. The fraction of sp³-hybridized carbons (Fsp3) is 0.533. The van der Waals surface area contributed by atoms with E-state index < -0.39 is 0 Å². The molecule has 3 nitrogen and oxygen atoms in total. The topological polar surface area (TPSA) is 45.0 Å².